The van der Waals surface area contributed by atoms with Crippen LogP contribution in [0.25, 0.3) is 0 Å². The molecule has 0 saturated carbocycles. The van der Waals surface area contributed by atoms with Crippen molar-refractivity contribution in [1.29, 1.82) is 0 Å². The molecule has 0 fully saturated rings. The molecular weight excluding hydrogens is 407 g/mol. The number of nitrogen functional groups attached to an aromatic ring is 1. The van der Waals surface area contributed by atoms with Gasteiger partial charge in [0.25, 0.3) is 5.56 Å². The van der Waals surface area contributed by atoms with E-state index in [0.717, 1.165) is 0 Å². The molecule has 0 unspecified atom stereocenters. The molecule has 0 bridgehead atoms. The molecule has 1 aromatic heterocycles. The summed E-state index contributed by atoms with van der Waals surface area (Å²) in [5, 5.41) is 3.00. The van der Waals surface area contributed by atoms with Gasteiger partial charge in [-0.25, -0.2) is 4.98 Å². The van der Waals surface area contributed by atoms with Gasteiger partial charge in [-0.2, -0.15) is 0 Å². The maximum atomic E-state index is 12.0. The van der Waals surface area contributed by atoms with E-state index in [-0.39, 0.29) is 18.0 Å². The van der Waals surface area contributed by atoms with E-state index in [0.29, 0.717) is 25.7 Å². The lowest BCUT2D eigenvalue weighted by Gasteiger charge is -2.10. The SMILES string of the molecule is Cc1ncn(CC(=O)Nc2cc(N)ccc2Cl)c(=O)c1I. The van der Waals surface area contributed by atoms with Crippen LogP contribution >= 0.6 is 34.2 Å². The second kappa shape index (κ2) is 6.44. The first-order chi connectivity index (χ1) is 9.88. The third-order valence-corrected chi connectivity index (χ3v) is 4.31. The lowest BCUT2D eigenvalue weighted by atomic mass is 10.3. The number of anilines is 2. The van der Waals surface area contributed by atoms with Crippen LogP contribution in [0.4, 0.5) is 11.4 Å². The first-order valence-electron chi connectivity index (χ1n) is 5.95. The zero-order valence-corrected chi connectivity index (χ0v) is 14.0. The molecule has 0 aliphatic carbocycles. The predicted molar refractivity (Wildman–Crippen MR) is 90.4 cm³/mol. The van der Waals surface area contributed by atoms with Crippen LogP contribution in [-0.4, -0.2) is 15.5 Å². The first-order valence-corrected chi connectivity index (χ1v) is 7.40. The quantitative estimate of drug-likeness (QED) is 0.589. The normalized spacial score (nSPS) is 10.4. The van der Waals surface area contributed by atoms with E-state index in [2.05, 4.69) is 10.3 Å². The van der Waals surface area contributed by atoms with Gasteiger partial charge < -0.3 is 11.1 Å². The van der Waals surface area contributed by atoms with E-state index in [1.54, 1.807) is 25.1 Å². The summed E-state index contributed by atoms with van der Waals surface area (Å²) < 4.78 is 1.73. The lowest BCUT2D eigenvalue weighted by Crippen LogP contribution is -2.30. The second-order valence-corrected chi connectivity index (χ2v) is 5.85. The van der Waals surface area contributed by atoms with Crippen molar-refractivity contribution in [2.24, 2.45) is 0 Å². The largest absolute Gasteiger partial charge is 0.399 e. The lowest BCUT2D eigenvalue weighted by molar-refractivity contribution is -0.116. The number of aromatic nitrogens is 2. The minimum atomic E-state index is -0.383. The van der Waals surface area contributed by atoms with Gasteiger partial charge in [0.1, 0.15) is 6.54 Å². The van der Waals surface area contributed by atoms with Gasteiger partial charge in [0.05, 0.1) is 26.3 Å². The summed E-state index contributed by atoms with van der Waals surface area (Å²) in [7, 11) is 0. The van der Waals surface area contributed by atoms with Gasteiger partial charge >= 0.3 is 0 Å². The Balaban J connectivity index is 2.18. The van der Waals surface area contributed by atoms with Crippen LogP contribution < -0.4 is 16.6 Å². The number of nitrogens with two attached hydrogens (primary N) is 1. The van der Waals surface area contributed by atoms with Gasteiger partial charge in [-0.05, 0) is 47.7 Å². The summed E-state index contributed by atoms with van der Waals surface area (Å²) in [6, 6.07) is 4.78. The fraction of sp³-hybridized carbons (Fsp3) is 0.154. The second-order valence-electron chi connectivity index (χ2n) is 4.36. The smallest absolute Gasteiger partial charge is 0.267 e. The van der Waals surface area contributed by atoms with Crippen molar-refractivity contribution in [2.45, 2.75) is 13.5 Å². The number of rotatable bonds is 3. The molecule has 8 heteroatoms. The summed E-state index contributed by atoms with van der Waals surface area (Å²) in [6.07, 6.45) is 1.35. The van der Waals surface area contributed by atoms with E-state index in [1.807, 2.05) is 22.6 Å². The third-order valence-electron chi connectivity index (χ3n) is 2.74. The molecule has 1 aromatic carbocycles. The summed E-state index contributed by atoms with van der Waals surface area (Å²) in [4.78, 5) is 28.0. The summed E-state index contributed by atoms with van der Waals surface area (Å²) in [5.74, 6) is -0.383. The molecule has 110 valence electrons. The zero-order chi connectivity index (χ0) is 15.6. The Labute approximate surface area is 139 Å². The number of halogens is 2. The Hall–Kier alpha value is -1.61. The fourth-order valence-corrected chi connectivity index (χ4v) is 2.26. The molecule has 0 spiro atoms. The topological polar surface area (TPSA) is 90.0 Å². The number of amides is 1. The molecule has 2 aromatic rings. The molecule has 1 heterocycles. The molecule has 0 aliphatic heterocycles. The average molecular weight is 419 g/mol. The van der Waals surface area contributed by atoms with Crippen molar-refractivity contribution < 1.29 is 4.79 Å². The van der Waals surface area contributed by atoms with Gasteiger partial charge in [-0.15, -0.1) is 0 Å². The Morgan fingerprint density at radius 1 is 1.52 bits per heavy atom. The molecule has 21 heavy (non-hydrogen) atoms. The van der Waals surface area contributed by atoms with E-state index in [1.165, 1.54) is 10.9 Å². The van der Waals surface area contributed by atoms with E-state index >= 15 is 0 Å². The maximum Gasteiger partial charge on any atom is 0.267 e. The molecule has 1 amide bonds. The highest BCUT2D eigenvalue weighted by atomic mass is 127. The van der Waals surface area contributed by atoms with Crippen molar-refractivity contribution in [3.05, 3.63) is 49.2 Å². The summed E-state index contributed by atoms with van der Waals surface area (Å²) in [5.41, 5.74) is 6.91. The molecule has 6 nitrogen and oxygen atoms in total. The van der Waals surface area contributed by atoms with Crippen molar-refractivity contribution >= 4 is 51.5 Å². The molecule has 0 radical (unpaired) electrons. The Morgan fingerprint density at radius 3 is 2.95 bits per heavy atom. The maximum absolute atomic E-state index is 12.0. The number of carbonyl (C=O) groups excluding carboxylic acids is 1. The van der Waals surface area contributed by atoms with Crippen LogP contribution in [0.15, 0.2) is 29.3 Å². The minimum Gasteiger partial charge on any atom is -0.399 e. The van der Waals surface area contributed by atoms with Crippen LogP contribution in [0.5, 0.6) is 0 Å². The van der Waals surface area contributed by atoms with Crippen LogP contribution in [0.2, 0.25) is 5.02 Å². The Kier molecular flexibility index (Phi) is 4.84. The molecule has 3 N–H and O–H groups in total. The number of nitrogens with one attached hydrogen (secondary N) is 1. The van der Waals surface area contributed by atoms with Crippen molar-refractivity contribution in [3.8, 4) is 0 Å². The number of nitrogens with zero attached hydrogens (tertiary/aromatic N) is 2. The van der Waals surface area contributed by atoms with Crippen molar-refractivity contribution in [1.82, 2.24) is 9.55 Å². The number of aryl methyl sites for hydroxylation is 1. The van der Waals surface area contributed by atoms with Gasteiger partial charge in [0.15, 0.2) is 0 Å². The van der Waals surface area contributed by atoms with Crippen molar-refractivity contribution in [3.63, 3.8) is 0 Å². The van der Waals surface area contributed by atoms with Crippen LogP contribution in [-0.2, 0) is 11.3 Å². The van der Waals surface area contributed by atoms with Crippen LogP contribution in [0, 0.1) is 10.5 Å². The van der Waals surface area contributed by atoms with Crippen LogP contribution in [0.1, 0.15) is 5.69 Å². The monoisotopic (exact) mass is 418 g/mol. The Morgan fingerprint density at radius 2 is 2.24 bits per heavy atom. The standard InChI is InChI=1S/C13H12ClIN4O2/c1-7-12(15)13(21)19(6-17-7)5-11(20)18-10-4-8(16)2-3-9(10)14/h2-4,6H,5,16H2,1H3,(H,18,20). The highest BCUT2D eigenvalue weighted by Gasteiger charge is 2.11. The van der Waals surface area contributed by atoms with Gasteiger partial charge in [-0.1, -0.05) is 11.6 Å². The third kappa shape index (κ3) is 3.73. The van der Waals surface area contributed by atoms with Crippen LogP contribution in [0.3, 0.4) is 0 Å². The number of hydrogen-bond acceptors (Lipinski definition) is 4. The molecule has 0 atom stereocenters. The minimum absolute atomic E-state index is 0.146. The van der Waals surface area contributed by atoms with Gasteiger partial charge in [0.2, 0.25) is 5.91 Å². The van der Waals surface area contributed by atoms with Gasteiger partial charge in [0, 0.05) is 5.69 Å². The van der Waals surface area contributed by atoms with Crippen molar-refractivity contribution in [2.75, 3.05) is 11.1 Å². The molecule has 0 aliphatic rings. The molecule has 0 saturated heterocycles. The first kappa shape index (κ1) is 15.8. The highest BCUT2D eigenvalue weighted by molar-refractivity contribution is 14.1. The predicted octanol–water partition coefficient (Wildman–Crippen LogP) is 2.03. The highest BCUT2D eigenvalue weighted by Crippen LogP contribution is 2.23. The fourth-order valence-electron chi connectivity index (χ4n) is 1.64. The number of benzene rings is 1. The number of hydrogen-bond donors (Lipinski definition) is 2. The van der Waals surface area contributed by atoms with E-state index in [9.17, 15) is 9.59 Å². The van der Waals surface area contributed by atoms with Gasteiger partial charge in [-0.3, -0.25) is 14.2 Å². The summed E-state index contributed by atoms with van der Waals surface area (Å²) >= 11 is 7.88. The average Bonchev–Trinajstić information content (AvgIpc) is 2.43. The van der Waals surface area contributed by atoms with E-state index < -0.39 is 0 Å². The zero-order valence-electron chi connectivity index (χ0n) is 11.1. The summed E-state index contributed by atoms with van der Waals surface area (Å²) in [6.45, 7) is 1.59. The Bertz CT molecular complexity index is 760. The molecular formula is C13H12ClIN4O2. The van der Waals surface area contributed by atoms with E-state index in [4.69, 9.17) is 17.3 Å². The number of carbonyl (C=O) groups is 1. The molecule has 2 rings (SSSR count).